The van der Waals surface area contributed by atoms with Gasteiger partial charge in [0.25, 0.3) is 0 Å². The van der Waals surface area contributed by atoms with Crippen LogP contribution in [0.1, 0.15) is 45.2 Å². The first kappa shape index (κ1) is 15.8. The first-order valence-electron chi connectivity index (χ1n) is 7.55. The lowest BCUT2D eigenvalue weighted by atomic mass is 9.98. The molecule has 2 heterocycles. The van der Waals surface area contributed by atoms with Gasteiger partial charge in [0.15, 0.2) is 0 Å². The summed E-state index contributed by atoms with van der Waals surface area (Å²) in [7, 11) is 0. The van der Waals surface area contributed by atoms with E-state index < -0.39 is 5.60 Å². The van der Waals surface area contributed by atoms with Crippen molar-refractivity contribution in [2.24, 2.45) is 0 Å². The number of aryl methyl sites for hydroxylation is 2. The fourth-order valence-electron chi connectivity index (χ4n) is 2.93. The molecule has 118 valence electrons. The van der Waals surface area contributed by atoms with Crippen molar-refractivity contribution in [2.45, 2.75) is 58.6 Å². The molecule has 0 bridgehead atoms. The molecule has 7 heteroatoms. The molecule has 7 nitrogen and oxygen atoms in total. The van der Waals surface area contributed by atoms with Gasteiger partial charge in [-0.15, -0.1) is 0 Å². The summed E-state index contributed by atoms with van der Waals surface area (Å²) in [4.78, 5) is 13.1. The third-order valence-corrected chi connectivity index (χ3v) is 4.05. The second-order valence-corrected chi connectivity index (χ2v) is 6.08. The Morgan fingerprint density at radius 3 is 2.76 bits per heavy atom. The molecule has 1 N–H and O–H groups in total. The number of rotatable bonds is 4. The Bertz CT molecular complexity index is 525. The Balaban J connectivity index is 2.38. The molecule has 0 aromatic carbocycles. The second-order valence-electron chi connectivity index (χ2n) is 6.08. The van der Waals surface area contributed by atoms with Crippen LogP contribution in [-0.2, 0) is 6.54 Å². The van der Waals surface area contributed by atoms with E-state index >= 15 is 0 Å². The molecule has 1 aromatic heterocycles. The van der Waals surface area contributed by atoms with E-state index in [1.54, 1.807) is 11.6 Å². The van der Waals surface area contributed by atoms with Crippen LogP contribution in [0.5, 0.6) is 0 Å². The summed E-state index contributed by atoms with van der Waals surface area (Å²) in [6, 6.07) is 0. The van der Waals surface area contributed by atoms with Gasteiger partial charge in [-0.3, -0.25) is 10.1 Å². The van der Waals surface area contributed by atoms with Gasteiger partial charge in [0.2, 0.25) is 5.82 Å². The summed E-state index contributed by atoms with van der Waals surface area (Å²) in [6.45, 7) is 7.53. The first-order chi connectivity index (χ1) is 9.85. The molecular formula is C14H24N4O3. The second kappa shape index (κ2) is 6.01. The van der Waals surface area contributed by atoms with Crippen LogP contribution in [0.25, 0.3) is 0 Å². The Kier molecular flexibility index (Phi) is 4.51. The van der Waals surface area contributed by atoms with Crippen LogP contribution in [0.3, 0.4) is 0 Å². The third kappa shape index (κ3) is 3.34. The minimum atomic E-state index is -0.686. The van der Waals surface area contributed by atoms with E-state index in [1.807, 2.05) is 18.7 Å². The highest BCUT2D eigenvalue weighted by molar-refractivity contribution is 5.61. The van der Waals surface area contributed by atoms with Crippen LogP contribution in [0.4, 0.5) is 11.5 Å². The predicted molar refractivity (Wildman–Crippen MR) is 80.6 cm³/mol. The molecule has 1 unspecified atom stereocenters. The smallest absolute Gasteiger partial charge is 0.333 e. The molecule has 1 saturated heterocycles. The number of aromatic nitrogens is 2. The lowest BCUT2D eigenvalue weighted by Crippen LogP contribution is -2.30. The third-order valence-electron chi connectivity index (χ3n) is 4.05. The summed E-state index contributed by atoms with van der Waals surface area (Å²) >= 11 is 0. The van der Waals surface area contributed by atoms with Gasteiger partial charge < -0.3 is 10.0 Å². The zero-order valence-corrected chi connectivity index (χ0v) is 13.0. The van der Waals surface area contributed by atoms with E-state index in [0.717, 1.165) is 19.3 Å². The lowest BCUT2D eigenvalue weighted by molar-refractivity contribution is -0.384. The Morgan fingerprint density at radius 1 is 1.43 bits per heavy atom. The normalized spacial score (nSPS) is 23.1. The van der Waals surface area contributed by atoms with Gasteiger partial charge in [-0.05, 0) is 39.5 Å². The fraction of sp³-hybridized carbons (Fsp3) is 0.786. The topological polar surface area (TPSA) is 84.4 Å². The van der Waals surface area contributed by atoms with Crippen LogP contribution in [0.15, 0.2) is 0 Å². The molecule has 1 aromatic rings. The molecule has 0 spiro atoms. The minimum Gasteiger partial charge on any atom is -0.390 e. The van der Waals surface area contributed by atoms with Gasteiger partial charge in [-0.1, -0.05) is 6.92 Å². The standard InChI is InChI=1S/C14H24N4O3/c1-4-8-17-13(12(18(20)21)11(2)15-17)16-9-5-6-14(3,19)7-10-16/h19H,4-10H2,1-3H3. The summed E-state index contributed by atoms with van der Waals surface area (Å²) in [5.41, 5.74) is -0.127. The van der Waals surface area contributed by atoms with Gasteiger partial charge in [-0.25, -0.2) is 4.68 Å². The number of hydrogen-bond donors (Lipinski definition) is 1. The van der Waals surface area contributed by atoms with Crippen LogP contribution >= 0.6 is 0 Å². The van der Waals surface area contributed by atoms with Crippen LogP contribution in [0, 0.1) is 17.0 Å². The van der Waals surface area contributed by atoms with Crippen LogP contribution in [0.2, 0.25) is 0 Å². The molecule has 1 fully saturated rings. The van der Waals surface area contributed by atoms with Crippen molar-refractivity contribution < 1.29 is 10.0 Å². The predicted octanol–water partition coefficient (Wildman–Crippen LogP) is 2.25. The number of nitrogens with zero attached hydrogens (tertiary/aromatic N) is 4. The van der Waals surface area contributed by atoms with Gasteiger partial charge >= 0.3 is 5.69 Å². The Morgan fingerprint density at radius 2 is 2.14 bits per heavy atom. The summed E-state index contributed by atoms with van der Waals surface area (Å²) < 4.78 is 1.74. The van der Waals surface area contributed by atoms with Crippen molar-refractivity contribution in [3.05, 3.63) is 15.8 Å². The molecular weight excluding hydrogens is 272 g/mol. The average Bonchev–Trinajstić information content (AvgIpc) is 2.59. The monoisotopic (exact) mass is 296 g/mol. The van der Waals surface area contributed by atoms with Crippen molar-refractivity contribution >= 4 is 11.5 Å². The maximum absolute atomic E-state index is 11.4. The summed E-state index contributed by atoms with van der Waals surface area (Å²) in [5.74, 6) is 0.594. The molecule has 21 heavy (non-hydrogen) atoms. The molecule has 1 aliphatic heterocycles. The molecule has 0 aliphatic carbocycles. The quantitative estimate of drug-likeness (QED) is 0.680. The number of hydrogen-bond acceptors (Lipinski definition) is 5. The largest absolute Gasteiger partial charge is 0.390 e. The molecule has 1 aliphatic rings. The molecule has 0 radical (unpaired) electrons. The molecule has 0 saturated carbocycles. The zero-order chi connectivity index (χ0) is 15.6. The summed E-state index contributed by atoms with van der Waals surface area (Å²) in [6.07, 6.45) is 3.02. The highest BCUT2D eigenvalue weighted by atomic mass is 16.6. The van der Waals surface area contributed by atoms with Gasteiger partial charge in [-0.2, -0.15) is 5.10 Å². The molecule has 2 rings (SSSR count). The Hall–Kier alpha value is -1.63. The fourth-order valence-corrected chi connectivity index (χ4v) is 2.93. The van der Waals surface area contributed by atoms with Gasteiger partial charge in [0, 0.05) is 19.6 Å². The van der Waals surface area contributed by atoms with E-state index in [4.69, 9.17) is 0 Å². The maximum Gasteiger partial charge on any atom is 0.333 e. The van der Waals surface area contributed by atoms with E-state index in [1.165, 1.54) is 0 Å². The number of aliphatic hydroxyl groups is 1. The Labute approximate surface area is 124 Å². The SMILES string of the molecule is CCCn1nc(C)c([N+](=O)[O-])c1N1CCCC(C)(O)CC1. The van der Waals surface area contributed by atoms with E-state index in [2.05, 4.69) is 5.10 Å². The number of nitro groups is 1. The van der Waals surface area contributed by atoms with Crippen molar-refractivity contribution in [2.75, 3.05) is 18.0 Å². The molecule has 1 atom stereocenters. The number of anilines is 1. The van der Waals surface area contributed by atoms with Crippen molar-refractivity contribution in [3.8, 4) is 0 Å². The average molecular weight is 296 g/mol. The van der Waals surface area contributed by atoms with Crippen LogP contribution < -0.4 is 4.90 Å². The highest BCUT2D eigenvalue weighted by Gasteiger charge is 2.32. The first-order valence-corrected chi connectivity index (χ1v) is 7.55. The van der Waals surface area contributed by atoms with Gasteiger partial charge in [0.1, 0.15) is 5.69 Å². The van der Waals surface area contributed by atoms with Crippen LogP contribution in [-0.4, -0.2) is 38.5 Å². The van der Waals surface area contributed by atoms with E-state index in [0.29, 0.717) is 37.6 Å². The van der Waals surface area contributed by atoms with Gasteiger partial charge in [0.05, 0.1) is 10.5 Å². The summed E-state index contributed by atoms with van der Waals surface area (Å²) in [5, 5.41) is 25.9. The van der Waals surface area contributed by atoms with E-state index in [-0.39, 0.29) is 10.6 Å². The molecule has 0 amide bonds. The van der Waals surface area contributed by atoms with E-state index in [9.17, 15) is 15.2 Å². The highest BCUT2D eigenvalue weighted by Crippen LogP contribution is 2.34. The minimum absolute atomic E-state index is 0.102. The maximum atomic E-state index is 11.4. The van der Waals surface area contributed by atoms with Crippen molar-refractivity contribution in [1.29, 1.82) is 0 Å². The van der Waals surface area contributed by atoms with Crippen molar-refractivity contribution in [1.82, 2.24) is 9.78 Å². The lowest BCUT2D eigenvalue weighted by Gasteiger charge is -2.24. The zero-order valence-electron chi connectivity index (χ0n) is 13.0. The van der Waals surface area contributed by atoms with Crippen molar-refractivity contribution in [3.63, 3.8) is 0 Å².